The zero-order valence-corrected chi connectivity index (χ0v) is 11.0. The number of hydrogen-bond acceptors (Lipinski definition) is 3. The van der Waals surface area contributed by atoms with Crippen LogP contribution in [0.2, 0.25) is 5.02 Å². The molecular formula is C14H14ClNO2. The molecule has 0 amide bonds. The second-order valence-corrected chi connectivity index (χ2v) is 4.11. The summed E-state index contributed by atoms with van der Waals surface area (Å²) in [6, 6.07) is 13.2. The summed E-state index contributed by atoms with van der Waals surface area (Å²) < 4.78 is 10.2. The van der Waals surface area contributed by atoms with E-state index in [1.165, 1.54) is 0 Å². The lowest BCUT2D eigenvalue weighted by molar-refractivity contribution is 0.415. The quantitative estimate of drug-likeness (QED) is 0.901. The SMILES string of the molecule is COc1ccc(Nc2ccc(OC)c(Cl)c2)cc1. The average Bonchev–Trinajstić information content (AvgIpc) is 2.40. The van der Waals surface area contributed by atoms with Crippen molar-refractivity contribution >= 4 is 23.0 Å². The van der Waals surface area contributed by atoms with Crippen LogP contribution in [0.3, 0.4) is 0 Å². The van der Waals surface area contributed by atoms with E-state index >= 15 is 0 Å². The third-order valence-electron chi connectivity index (χ3n) is 2.53. The van der Waals surface area contributed by atoms with Gasteiger partial charge in [0.25, 0.3) is 0 Å². The summed E-state index contributed by atoms with van der Waals surface area (Å²) in [5.41, 5.74) is 1.88. The molecule has 2 aromatic carbocycles. The Hall–Kier alpha value is -1.87. The minimum Gasteiger partial charge on any atom is -0.497 e. The molecule has 18 heavy (non-hydrogen) atoms. The largest absolute Gasteiger partial charge is 0.497 e. The summed E-state index contributed by atoms with van der Waals surface area (Å²) in [7, 11) is 3.24. The fourth-order valence-corrected chi connectivity index (χ4v) is 1.84. The van der Waals surface area contributed by atoms with Gasteiger partial charge in [0, 0.05) is 11.4 Å². The number of ether oxygens (including phenoxy) is 2. The van der Waals surface area contributed by atoms with Gasteiger partial charge in [0.15, 0.2) is 0 Å². The van der Waals surface area contributed by atoms with Gasteiger partial charge in [-0.2, -0.15) is 0 Å². The van der Waals surface area contributed by atoms with Crippen LogP contribution in [0.1, 0.15) is 0 Å². The third kappa shape index (κ3) is 2.87. The molecule has 0 atom stereocenters. The lowest BCUT2D eigenvalue weighted by Gasteiger charge is -2.09. The highest BCUT2D eigenvalue weighted by atomic mass is 35.5. The second kappa shape index (κ2) is 5.65. The molecule has 4 heteroatoms. The minimum absolute atomic E-state index is 0.580. The highest BCUT2D eigenvalue weighted by molar-refractivity contribution is 6.32. The molecule has 0 aromatic heterocycles. The van der Waals surface area contributed by atoms with Gasteiger partial charge in [0.1, 0.15) is 11.5 Å². The van der Waals surface area contributed by atoms with Crippen LogP contribution in [-0.2, 0) is 0 Å². The Kier molecular flexibility index (Phi) is 3.95. The number of nitrogens with one attached hydrogen (secondary N) is 1. The summed E-state index contributed by atoms with van der Waals surface area (Å²) in [6.45, 7) is 0. The van der Waals surface area contributed by atoms with Crippen LogP contribution in [0, 0.1) is 0 Å². The van der Waals surface area contributed by atoms with Gasteiger partial charge < -0.3 is 14.8 Å². The Balaban J connectivity index is 2.15. The first-order valence-electron chi connectivity index (χ1n) is 5.47. The van der Waals surface area contributed by atoms with Crippen molar-refractivity contribution < 1.29 is 9.47 Å². The molecule has 0 saturated carbocycles. The lowest BCUT2D eigenvalue weighted by atomic mass is 10.2. The Labute approximate surface area is 111 Å². The van der Waals surface area contributed by atoms with Crippen LogP contribution in [0.4, 0.5) is 11.4 Å². The van der Waals surface area contributed by atoms with Gasteiger partial charge in [-0.1, -0.05) is 11.6 Å². The lowest BCUT2D eigenvalue weighted by Crippen LogP contribution is -1.91. The summed E-state index contributed by atoms with van der Waals surface area (Å²) in [5, 5.41) is 3.83. The first kappa shape index (κ1) is 12.6. The van der Waals surface area contributed by atoms with Gasteiger partial charge >= 0.3 is 0 Å². The van der Waals surface area contributed by atoms with Gasteiger partial charge in [-0.3, -0.25) is 0 Å². The van der Waals surface area contributed by atoms with Crippen molar-refractivity contribution in [1.82, 2.24) is 0 Å². The predicted molar refractivity (Wildman–Crippen MR) is 74.3 cm³/mol. The smallest absolute Gasteiger partial charge is 0.137 e. The van der Waals surface area contributed by atoms with E-state index in [4.69, 9.17) is 21.1 Å². The van der Waals surface area contributed by atoms with Crippen molar-refractivity contribution in [2.75, 3.05) is 19.5 Å². The normalized spacial score (nSPS) is 9.94. The Morgan fingerprint density at radius 2 is 1.56 bits per heavy atom. The molecule has 0 saturated heterocycles. The van der Waals surface area contributed by atoms with Gasteiger partial charge in [-0.05, 0) is 42.5 Å². The van der Waals surface area contributed by atoms with Gasteiger partial charge in [-0.15, -0.1) is 0 Å². The maximum absolute atomic E-state index is 6.06. The molecule has 0 radical (unpaired) electrons. The fraction of sp³-hybridized carbons (Fsp3) is 0.143. The van der Waals surface area contributed by atoms with Crippen LogP contribution >= 0.6 is 11.6 Å². The van der Waals surface area contributed by atoms with Crippen molar-refractivity contribution in [1.29, 1.82) is 0 Å². The van der Waals surface area contributed by atoms with Gasteiger partial charge in [-0.25, -0.2) is 0 Å². The molecule has 0 spiro atoms. The summed E-state index contributed by atoms with van der Waals surface area (Å²) in [6.07, 6.45) is 0. The molecule has 3 nitrogen and oxygen atoms in total. The zero-order valence-electron chi connectivity index (χ0n) is 10.2. The van der Waals surface area contributed by atoms with E-state index in [0.717, 1.165) is 17.1 Å². The molecule has 2 rings (SSSR count). The number of halogens is 1. The van der Waals surface area contributed by atoms with Crippen molar-refractivity contribution in [3.05, 3.63) is 47.5 Å². The van der Waals surface area contributed by atoms with Gasteiger partial charge in [0.05, 0.1) is 19.2 Å². The maximum Gasteiger partial charge on any atom is 0.137 e. The first-order chi connectivity index (χ1) is 8.72. The van der Waals surface area contributed by atoms with Crippen molar-refractivity contribution in [3.63, 3.8) is 0 Å². The number of methoxy groups -OCH3 is 2. The molecule has 0 unspecified atom stereocenters. The Morgan fingerprint density at radius 3 is 2.11 bits per heavy atom. The summed E-state index contributed by atoms with van der Waals surface area (Å²) in [5.74, 6) is 1.49. The molecular weight excluding hydrogens is 250 g/mol. The predicted octanol–water partition coefficient (Wildman–Crippen LogP) is 4.10. The van der Waals surface area contributed by atoms with Crippen LogP contribution in [0.15, 0.2) is 42.5 Å². The van der Waals surface area contributed by atoms with E-state index in [2.05, 4.69) is 5.32 Å². The number of hydrogen-bond donors (Lipinski definition) is 1. The maximum atomic E-state index is 6.06. The average molecular weight is 264 g/mol. The molecule has 0 aliphatic carbocycles. The molecule has 1 N–H and O–H groups in total. The third-order valence-corrected chi connectivity index (χ3v) is 2.83. The molecule has 0 heterocycles. The number of rotatable bonds is 4. The zero-order chi connectivity index (χ0) is 13.0. The molecule has 0 aliphatic heterocycles. The first-order valence-corrected chi connectivity index (χ1v) is 5.85. The minimum atomic E-state index is 0.580. The highest BCUT2D eigenvalue weighted by Crippen LogP contribution is 2.29. The van der Waals surface area contributed by atoms with Gasteiger partial charge in [0.2, 0.25) is 0 Å². The van der Waals surface area contributed by atoms with E-state index < -0.39 is 0 Å². The van der Waals surface area contributed by atoms with E-state index in [9.17, 15) is 0 Å². The van der Waals surface area contributed by atoms with Crippen molar-refractivity contribution in [2.24, 2.45) is 0 Å². The number of anilines is 2. The topological polar surface area (TPSA) is 30.5 Å². The van der Waals surface area contributed by atoms with E-state index in [1.807, 2.05) is 42.5 Å². The van der Waals surface area contributed by atoms with E-state index in [-0.39, 0.29) is 0 Å². The second-order valence-electron chi connectivity index (χ2n) is 3.70. The molecule has 0 bridgehead atoms. The van der Waals surface area contributed by atoms with E-state index in [0.29, 0.717) is 10.8 Å². The van der Waals surface area contributed by atoms with E-state index in [1.54, 1.807) is 14.2 Å². The Bertz CT molecular complexity index is 526. The molecule has 0 fully saturated rings. The van der Waals surface area contributed by atoms with Crippen LogP contribution in [-0.4, -0.2) is 14.2 Å². The van der Waals surface area contributed by atoms with Crippen LogP contribution < -0.4 is 14.8 Å². The van der Waals surface area contributed by atoms with Crippen molar-refractivity contribution in [3.8, 4) is 11.5 Å². The summed E-state index contributed by atoms with van der Waals surface area (Å²) >= 11 is 6.06. The number of benzene rings is 2. The van der Waals surface area contributed by atoms with Crippen LogP contribution in [0.5, 0.6) is 11.5 Å². The monoisotopic (exact) mass is 263 g/mol. The standard InChI is InChI=1S/C14H14ClNO2/c1-17-12-6-3-10(4-7-12)16-11-5-8-14(18-2)13(15)9-11/h3-9,16H,1-2H3. The summed E-state index contributed by atoms with van der Waals surface area (Å²) in [4.78, 5) is 0. The van der Waals surface area contributed by atoms with Crippen LogP contribution in [0.25, 0.3) is 0 Å². The molecule has 94 valence electrons. The Morgan fingerprint density at radius 1 is 0.889 bits per heavy atom. The molecule has 2 aromatic rings. The molecule has 0 aliphatic rings. The fourth-order valence-electron chi connectivity index (χ4n) is 1.59. The highest BCUT2D eigenvalue weighted by Gasteiger charge is 2.02. The van der Waals surface area contributed by atoms with Crippen molar-refractivity contribution in [2.45, 2.75) is 0 Å².